The Morgan fingerprint density at radius 2 is 1.25 bits per heavy atom. The number of aromatic nitrogens is 4. The number of H-pyrrole nitrogens is 2. The number of carbonyl (C=O) groups excluding carboxylic acids is 3. The first-order valence-electron chi connectivity index (χ1n) is 18.1. The van der Waals surface area contributed by atoms with Crippen molar-refractivity contribution in [3.8, 4) is 33.6 Å². The van der Waals surface area contributed by atoms with E-state index in [-0.39, 0.29) is 29.8 Å². The first kappa shape index (κ1) is 33.9. The zero-order valence-corrected chi connectivity index (χ0v) is 29.0. The number of hydrogen-bond donors (Lipinski definition) is 5. The van der Waals surface area contributed by atoms with E-state index in [1.807, 2.05) is 29.3 Å². The predicted molar refractivity (Wildman–Crippen MR) is 196 cm³/mol. The van der Waals surface area contributed by atoms with Crippen LogP contribution in [0.1, 0.15) is 73.9 Å². The van der Waals surface area contributed by atoms with E-state index in [4.69, 9.17) is 0 Å². The molecular weight excluding hydrogens is 672 g/mol. The van der Waals surface area contributed by atoms with Crippen LogP contribution in [-0.2, 0) is 14.4 Å². The van der Waals surface area contributed by atoms with E-state index in [0.29, 0.717) is 37.3 Å². The van der Waals surface area contributed by atoms with Gasteiger partial charge in [0.05, 0.1) is 35.9 Å². The number of nitrogens with zero attached hydrogens (tertiary/aromatic N) is 4. The molecular formula is C40H40N8O5. The Labute approximate surface area is 305 Å². The van der Waals surface area contributed by atoms with Crippen LogP contribution in [0.25, 0.3) is 33.6 Å². The maximum absolute atomic E-state index is 13.7. The Hall–Kier alpha value is -6.24. The number of likely N-dealkylation sites (tertiary alicyclic amines) is 2. The number of carboxylic acid groups (broad SMARTS) is 1. The van der Waals surface area contributed by atoms with Gasteiger partial charge in [-0.3, -0.25) is 14.4 Å². The molecule has 4 atom stereocenters. The Morgan fingerprint density at radius 3 is 1.77 bits per heavy atom. The van der Waals surface area contributed by atoms with E-state index in [9.17, 15) is 24.3 Å². The minimum atomic E-state index is -1.26. The maximum atomic E-state index is 13.7. The standard InChI is InChI=1S/C40H40N8O5/c49-34-19-18-29(43-34)38(50)47-20-4-8-32(47)36-41-22-30(44-36)26-14-10-24(11-15-26)25-12-16-27(17-13-25)31-23-42-37(45-31)33-9-5-21-48(33)39(51)35(46-40(52)53)28-6-2-1-3-7-28/h1-3,6-7,10-17,22-23,29,32-33,35,46H,4-5,8-9,18-21H2,(H,41,44)(H,42,45)(H,43,49)(H,52,53)/t29-,32-,33-,35+/m0/s1. The van der Waals surface area contributed by atoms with Crippen LogP contribution in [0, 0.1) is 0 Å². The number of aromatic amines is 2. The first-order valence-corrected chi connectivity index (χ1v) is 18.1. The third-order valence-corrected chi connectivity index (χ3v) is 10.6. The molecule has 0 radical (unpaired) electrons. The summed E-state index contributed by atoms with van der Waals surface area (Å²) in [6, 6.07) is 23.5. The normalized spacial score (nSPS) is 20.4. The molecule has 8 rings (SSSR count). The molecule has 3 saturated heterocycles. The molecule has 5 N–H and O–H groups in total. The molecule has 4 amide bonds. The smallest absolute Gasteiger partial charge is 0.405 e. The minimum Gasteiger partial charge on any atom is -0.465 e. The van der Waals surface area contributed by atoms with Gasteiger partial charge < -0.3 is 35.5 Å². The zero-order valence-electron chi connectivity index (χ0n) is 29.0. The van der Waals surface area contributed by atoms with Crippen LogP contribution in [0.3, 0.4) is 0 Å². The van der Waals surface area contributed by atoms with Gasteiger partial charge in [-0.15, -0.1) is 0 Å². The van der Waals surface area contributed by atoms with Gasteiger partial charge in [0.2, 0.25) is 11.8 Å². The number of nitrogens with one attached hydrogen (secondary N) is 4. The Bertz CT molecular complexity index is 2130. The molecule has 0 aliphatic carbocycles. The fourth-order valence-corrected chi connectivity index (χ4v) is 7.84. The summed E-state index contributed by atoms with van der Waals surface area (Å²) < 4.78 is 0. The summed E-state index contributed by atoms with van der Waals surface area (Å²) in [4.78, 5) is 69.8. The monoisotopic (exact) mass is 712 g/mol. The van der Waals surface area contributed by atoms with E-state index in [0.717, 1.165) is 65.1 Å². The largest absolute Gasteiger partial charge is 0.465 e. The Balaban J connectivity index is 0.926. The van der Waals surface area contributed by atoms with Gasteiger partial charge in [0, 0.05) is 19.5 Å². The van der Waals surface area contributed by atoms with Gasteiger partial charge in [0.25, 0.3) is 5.91 Å². The van der Waals surface area contributed by atoms with Crippen LogP contribution in [0.5, 0.6) is 0 Å². The summed E-state index contributed by atoms with van der Waals surface area (Å²) in [6.07, 6.45) is 6.50. The highest BCUT2D eigenvalue weighted by atomic mass is 16.4. The van der Waals surface area contributed by atoms with Crippen molar-refractivity contribution in [3.63, 3.8) is 0 Å². The van der Waals surface area contributed by atoms with Crippen molar-refractivity contribution >= 4 is 23.8 Å². The van der Waals surface area contributed by atoms with Crippen LogP contribution >= 0.6 is 0 Å². The highest BCUT2D eigenvalue weighted by molar-refractivity contribution is 5.91. The number of hydrogen-bond acceptors (Lipinski definition) is 6. The van der Waals surface area contributed by atoms with Gasteiger partial charge in [-0.2, -0.15) is 0 Å². The second-order valence-electron chi connectivity index (χ2n) is 13.9. The molecule has 0 bridgehead atoms. The molecule has 53 heavy (non-hydrogen) atoms. The lowest BCUT2D eigenvalue weighted by Gasteiger charge is -2.28. The molecule has 0 unspecified atom stereocenters. The predicted octanol–water partition coefficient (Wildman–Crippen LogP) is 5.75. The van der Waals surface area contributed by atoms with E-state index in [2.05, 4.69) is 67.0 Å². The molecule has 13 nitrogen and oxygen atoms in total. The van der Waals surface area contributed by atoms with Crippen LogP contribution in [0.2, 0.25) is 0 Å². The fraction of sp³-hybridized carbons (Fsp3) is 0.300. The van der Waals surface area contributed by atoms with E-state index in [1.165, 1.54) is 0 Å². The van der Waals surface area contributed by atoms with Crippen molar-refractivity contribution in [2.24, 2.45) is 0 Å². The summed E-state index contributed by atoms with van der Waals surface area (Å²) in [6.45, 7) is 1.17. The average Bonchev–Trinajstić information content (AvgIpc) is 4.03. The second kappa shape index (κ2) is 14.4. The van der Waals surface area contributed by atoms with Gasteiger partial charge >= 0.3 is 6.09 Å². The molecule has 270 valence electrons. The first-order chi connectivity index (χ1) is 25.8. The molecule has 2 aromatic heterocycles. The van der Waals surface area contributed by atoms with Crippen molar-refractivity contribution < 1.29 is 24.3 Å². The minimum absolute atomic E-state index is 0.0310. The summed E-state index contributed by atoms with van der Waals surface area (Å²) in [7, 11) is 0. The van der Waals surface area contributed by atoms with Crippen LogP contribution < -0.4 is 10.6 Å². The Kier molecular flexibility index (Phi) is 9.21. The molecule has 3 aromatic carbocycles. The van der Waals surface area contributed by atoms with Gasteiger partial charge in [0.1, 0.15) is 23.7 Å². The molecule has 5 heterocycles. The van der Waals surface area contributed by atoms with Gasteiger partial charge in [-0.1, -0.05) is 78.9 Å². The van der Waals surface area contributed by atoms with Crippen molar-refractivity contribution in [2.45, 2.75) is 62.7 Å². The molecule has 0 saturated carbocycles. The van der Waals surface area contributed by atoms with E-state index >= 15 is 0 Å². The number of carbonyl (C=O) groups is 4. The van der Waals surface area contributed by atoms with Crippen molar-refractivity contribution in [2.75, 3.05) is 13.1 Å². The summed E-state index contributed by atoms with van der Waals surface area (Å²) in [5, 5.41) is 14.7. The van der Waals surface area contributed by atoms with Gasteiger partial charge in [0.15, 0.2) is 0 Å². The van der Waals surface area contributed by atoms with Crippen molar-refractivity contribution in [1.82, 2.24) is 40.4 Å². The maximum Gasteiger partial charge on any atom is 0.405 e. The zero-order chi connectivity index (χ0) is 36.5. The van der Waals surface area contributed by atoms with Crippen LogP contribution in [-0.4, -0.2) is 77.8 Å². The van der Waals surface area contributed by atoms with Crippen molar-refractivity contribution in [3.05, 3.63) is 108 Å². The molecule has 5 aromatic rings. The molecule has 0 spiro atoms. The highest BCUT2D eigenvalue weighted by Gasteiger charge is 2.39. The van der Waals surface area contributed by atoms with E-state index < -0.39 is 18.2 Å². The highest BCUT2D eigenvalue weighted by Crippen LogP contribution is 2.36. The number of rotatable bonds is 9. The average molecular weight is 713 g/mol. The molecule has 13 heteroatoms. The molecule has 3 aliphatic rings. The van der Waals surface area contributed by atoms with Crippen molar-refractivity contribution in [1.29, 1.82) is 0 Å². The number of amides is 4. The second-order valence-corrected chi connectivity index (χ2v) is 13.9. The number of imidazole rings is 2. The summed E-state index contributed by atoms with van der Waals surface area (Å²) in [5.41, 5.74) is 6.34. The molecule has 3 aliphatic heterocycles. The number of benzene rings is 3. The molecule has 3 fully saturated rings. The van der Waals surface area contributed by atoms with Gasteiger partial charge in [-0.25, -0.2) is 14.8 Å². The third-order valence-electron chi connectivity index (χ3n) is 10.6. The lowest BCUT2D eigenvalue weighted by atomic mass is 10.0. The SMILES string of the molecule is O=C(O)N[C@@H](C(=O)N1CCC[C@H]1c1ncc(-c2ccc(-c3ccc(-c4cnc([C@@H]5CCCN5C(=O)[C@@H]5CCC(=O)N5)[nH]4)cc3)cc2)[nH]1)c1ccccc1. The topological polar surface area (TPSA) is 176 Å². The fourth-order valence-electron chi connectivity index (χ4n) is 7.84. The van der Waals surface area contributed by atoms with E-state index in [1.54, 1.807) is 35.4 Å². The summed E-state index contributed by atoms with van der Waals surface area (Å²) >= 11 is 0. The lowest BCUT2D eigenvalue weighted by molar-refractivity contribution is -0.135. The Morgan fingerprint density at radius 1 is 0.717 bits per heavy atom. The summed E-state index contributed by atoms with van der Waals surface area (Å²) in [5.74, 6) is 1.03. The quantitative estimate of drug-likeness (QED) is 0.129. The lowest BCUT2D eigenvalue weighted by Crippen LogP contribution is -2.44. The third kappa shape index (κ3) is 6.89. The van der Waals surface area contributed by atoms with Crippen LogP contribution in [0.15, 0.2) is 91.3 Å². The van der Waals surface area contributed by atoms with Crippen LogP contribution in [0.4, 0.5) is 4.79 Å². The van der Waals surface area contributed by atoms with Gasteiger partial charge in [-0.05, 0) is 59.9 Å².